The third kappa shape index (κ3) is 4.33. The van der Waals surface area contributed by atoms with Crippen molar-refractivity contribution in [3.63, 3.8) is 0 Å². The average molecular weight is 398 g/mol. The van der Waals surface area contributed by atoms with Gasteiger partial charge < -0.3 is 9.64 Å². The summed E-state index contributed by atoms with van der Waals surface area (Å²) in [6.07, 6.45) is 0. The lowest BCUT2D eigenvalue weighted by Crippen LogP contribution is -2.34. The number of benzene rings is 2. The Morgan fingerprint density at radius 3 is 2.39 bits per heavy atom. The third-order valence-corrected chi connectivity index (χ3v) is 5.56. The summed E-state index contributed by atoms with van der Waals surface area (Å²) in [5.41, 5.74) is 1.73. The quantitative estimate of drug-likeness (QED) is 0.543. The van der Waals surface area contributed by atoms with Gasteiger partial charge in [0.1, 0.15) is 11.0 Å². The Balaban J connectivity index is 1.93. The molecule has 146 valence electrons. The van der Waals surface area contributed by atoms with E-state index < -0.39 is 5.25 Å². The van der Waals surface area contributed by atoms with Crippen molar-refractivity contribution in [3.8, 4) is 11.4 Å². The lowest BCUT2D eigenvalue weighted by Gasteiger charge is -2.24. The Bertz CT molecular complexity index is 894. The number of carbonyl (C=O) groups is 1. The summed E-state index contributed by atoms with van der Waals surface area (Å²) in [7, 11) is 1.62. The van der Waals surface area contributed by atoms with Crippen molar-refractivity contribution >= 4 is 17.7 Å². The van der Waals surface area contributed by atoms with Crippen molar-refractivity contribution in [2.45, 2.75) is 24.3 Å². The number of aromatic nitrogens is 4. The van der Waals surface area contributed by atoms with Gasteiger partial charge in [-0.15, -0.1) is 5.10 Å². The molecule has 1 amide bonds. The molecule has 0 saturated carbocycles. The van der Waals surface area contributed by atoms with Gasteiger partial charge in [0.25, 0.3) is 0 Å². The van der Waals surface area contributed by atoms with Crippen molar-refractivity contribution in [3.05, 3.63) is 60.2 Å². The van der Waals surface area contributed by atoms with Gasteiger partial charge in [0.15, 0.2) is 0 Å². The molecule has 0 saturated heterocycles. The number of amides is 1. The van der Waals surface area contributed by atoms with Crippen LogP contribution in [0, 0.1) is 0 Å². The molecule has 1 heterocycles. The maximum absolute atomic E-state index is 13.2. The van der Waals surface area contributed by atoms with Crippen molar-refractivity contribution in [1.82, 2.24) is 25.1 Å². The summed E-state index contributed by atoms with van der Waals surface area (Å²) in [4.78, 5) is 15.0. The summed E-state index contributed by atoms with van der Waals surface area (Å²) in [5, 5.41) is 12.2. The van der Waals surface area contributed by atoms with Crippen LogP contribution in [0.15, 0.2) is 59.8 Å². The minimum atomic E-state index is -0.427. The van der Waals surface area contributed by atoms with E-state index >= 15 is 0 Å². The molecule has 1 aromatic heterocycles. The van der Waals surface area contributed by atoms with Crippen molar-refractivity contribution in [1.29, 1.82) is 0 Å². The fraction of sp³-hybridized carbons (Fsp3) is 0.300. The van der Waals surface area contributed by atoms with Crippen LogP contribution in [0.1, 0.15) is 24.7 Å². The first kappa shape index (κ1) is 19.9. The number of carbonyl (C=O) groups excluding carboxylic acids is 1. The molecule has 0 unspecified atom stereocenters. The molecule has 0 radical (unpaired) electrons. The van der Waals surface area contributed by atoms with Gasteiger partial charge in [-0.2, -0.15) is 4.68 Å². The van der Waals surface area contributed by atoms with E-state index in [0.717, 1.165) is 17.0 Å². The molecule has 3 aromatic rings. The van der Waals surface area contributed by atoms with Crippen LogP contribution in [0.3, 0.4) is 0 Å². The fourth-order valence-corrected chi connectivity index (χ4v) is 3.91. The topological polar surface area (TPSA) is 73.1 Å². The number of thioether (sulfide) groups is 1. The summed E-state index contributed by atoms with van der Waals surface area (Å²) >= 11 is 1.35. The molecule has 8 heteroatoms. The van der Waals surface area contributed by atoms with Crippen LogP contribution in [0.25, 0.3) is 5.69 Å². The van der Waals surface area contributed by atoms with E-state index in [0.29, 0.717) is 18.2 Å². The van der Waals surface area contributed by atoms with Gasteiger partial charge in [-0.3, -0.25) is 4.79 Å². The molecule has 0 bridgehead atoms. The Labute approximate surface area is 168 Å². The lowest BCUT2D eigenvalue weighted by molar-refractivity contribution is -0.130. The molecule has 0 aliphatic heterocycles. The highest BCUT2D eigenvalue weighted by Gasteiger charge is 2.28. The van der Waals surface area contributed by atoms with E-state index in [1.54, 1.807) is 11.8 Å². The van der Waals surface area contributed by atoms with E-state index in [2.05, 4.69) is 15.5 Å². The number of tetrazole rings is 1. The van der Waals surface area contributed by atoms with Crippen LogP contribution >= 0.6 is 11.8 Å². The molecule has 0 aliphatic carbocycles. The van der Waals surface area contributed by atoms with E-state index in [1.165, 1.54) is 11.8 Å². The molecule has 2 aromatic carbocycles. The molecule has 28 heavy (non-hydrogen) atoms. The number of nitrogens with zero attached hydrogens (tertiary/aromatic N) is 5. The van der Waals surface area contributed by atoms with Crippen LogP contribution < -0.4 is 4.74 Å². The van der Waals surface area contributed by atoms with Crippen molar-refractivity contribution in [2.75, 3.05) is 20.2 Å². The molecule has 3 rings (SSSR count). The summed E-state index contributed by atoms with van der Waals surface area (Å²) < 4.78 is 6.84. The van der Waals surface area contributed by atoms with Gasteiger partial charge in [0, 0.05) is 13.1 Å². The number of ether oxygens (including phenoxy) is 1. The normalized spacial score (nSPS) is 11.8. The zero-order valence-corrected chi connectivity index (χ0v) is 17.0. The number of hydrogen-bond acceptors (Lipinski definition) is 6. The summed E-state index contributed by atoms with van der Waals surface area (Å²) in [6.45, 7) is 5.27. The molecule has 0 N–H and O–H groups in total. The molecule has 7 nitrogen and oxygen atoms in total. The summed E-state index contributed by atoms with van der Waals surface area (Å²) in [5.74, 6) is 0.801. The van der Waals surface area contributed by atoms with Crippen LogP contribution in [0.5, 0.6) is 5.75 Å². The van der Waals surface area contributed by atoms with E-state index in [1.807, 2.05) is 73.3 Å². The van der Waals surface area contributed by atoms with Gasteiger partial charge in [-0.1, -0.05) is 42.1 Å². The second-order valence-electron chi connectivity index (χ2n) is 5.99. The monoisotopic (exact) mass is 397 g/mol. The molecular formula is C20H23N5O2S. The van der Waals surface area contributed by atoms with Crippen molar-refractivity contribution < 1.29 is 9.53 Å². The predicted octanol–water partition coefficient (Wildman–Crippen LogP) is 3.37. The van der Waals surface area contributed by atoms with Crippen molar-refractivity contribution in [2.24, 2.45) is 0 Å². The predicted molar refractivity (Wildman–Crippen MR) is 109 cm³/mol. The van der Waals surface area contributed by atoms with Gasteiger partial charge in [0.05, 0.1) is 12.8 Å². The zero-order chi connectivity index (χ0) is 19.9. The van der Waals surface area contributed by atoms with E-state index in [4.69, 9.17) is 4.74 Å². The first-order valence-corrected chi connectivity index (χ1v) is 9.99. The first-order chi connectivity index (χ1) is 13.7. The van der Waals surface area contributed by atoms with Crippen LogP contribution in [0.4, 0.5) is 0 Å². The number of methoxy groups -OCH3 is 1. The molecule has 0 spiro atoms. The Hall–Kier alpha value is -2.87. The molecule has 0 fully saturated rings. The highest BCUT2D eigenvalue weighted by molar-refractivity contribution is 8.00. The minimum Gasteiger partial charge on any atom is -0.497 e. The smallest absolute Gasteiger partial charge is 0.240 e. The summed E-state index contributed by atoms with van der Waals surface area (Å²) in [6, 6.07) is 17.2. The Morgan fingerprint density at radius 1 is 1.11 bits per heavy atom. The molecule has 0 aliphatic rings. The number of hydrogen-bond donors (Lipinski definition) is 0. The van der Waals surface area contributed by atoms with Crippen LogP contribution in [-0.4, -0.2) is 51.2 Å². The van der Waals surface area contributed by atoms with Crippen LogP contribution in [-0.2, 0) is 4.79 Å². The number of likely N-dealkylation sites (N-methyl/N-ethyl adjacent to an activating group) is 1. The van der Waals surface area contributed by atoms with Gasteiger partial charge in [0.2, 0.25) is 11.1 Å². The highest BCUT2D eigenvalue weighted by Crippen LogP contribution is 2.36. The van der Waals surface area contributed by atoms with E-state index in [9.17, 15) is 4.79 Å². The average Bonchev–Trinajstić information content (AvgIpc) is 3.21. The molecule has 1 atom stereocenters. The van der Waals surface area contributed by atoms with Gasteiger partial charge >= 0.3 is 0 Å². The minimum absolute atomic E-state index is 0.0467. The maximum atomic E-state index is 13.2. The largest absolute Gasteiger partial charge is 0.497 e. The lowest BCUT2D eigenvalue weighted by atomic mass is 10.1. The van der Waals surface area contributed by atoms with E-state index in [-0.39, 0.29) is 5.91 Å². The molecular weight excluding hydrogens is 374 g/mol. The SMILES string of the molecule is CCN(CC)C(=O)[C@@H](Sc1nnnn1-c1ccc(OC)cc1)c1ccccc1. The Kier molecular flexibility index (Phi) is 6.65. The number of rotatable bonds is 8. The highest BCUT2D eigenvalue weighted by atomic mass is 32.2. The van der Waals surface area contributed by atoms with Gasteiger partial charge in [-0.25, -0.2) is 0 Å². The first-order valence-electron chi connectivity index (χ1n) is 9.11. The maximum Gasteiger partial charge on any atom is 0.240 e. The Morgan fingerprint density at radius 2 is 1.79 bits per heavy atom. The van der Waals surface area contributed by atoms with Crippen LogP contribution in [0.2, 0.25) is 0 Å². The zero-order valence-electron chi connectivity index (χ0n) is 16.1. The second-order valence-corrected chi connectivity index (χ2v) is 7.06. The standard InChI is InChI=1S/C20H23N5O2S/c1-4-24(5-2)19(26)18(15-9-7-6-8-10-15)28-20-21-22-23-25(20)16-11-13-17(27-3)14-12-16/h6-14,18H,4-5H2,1-3H3/t18-/m0/s1. The van der Waals surface area contributed by atoms with Gasteiger partial charge in [-0.05, 0) is 54.1 Å². The second kappa shape index (κ2) is 9.36. The third-order valence-electron chi connectivity index (χ3n) is 4.38. The fourth-order valence-electron chi connectivity index (χ4n) is 2.83.